The highest BCUT2D eigenvalue weighted by Crippen LogP contribution is 1.86. The summed E-state index contributed by atoms with van der Waals surface area (Å²) in [7, 11) is -4.65. The second-order valence-corrected chi connectivity index (χ2v) is 4.22. The van der Waals surface area contributed by atoms with Crippen LogP contribution in [0.3, 0.4) is 0 Å². The molecule has 0 heterocycles. The van der Waals surface area contributed by atoms with Crippen molar-refractivity contribution in [2.75, 3.05) is 0 Å². The molecule has 0 rings (SSSR count). The largest absolute Gasteiger partial charge is 0.626 e. The van der Waals surface area contributed by atoms with Crippen molar-refractivity contribution in [3.8, 4) is 0 Å². The van der Waals surface area contributed by atoms with Gasteiger partial charge < -0.3 is 30.8 Å². The molecule has 9 nitrogen and oxygen atoms in total. The predicted molar refractivity (Wildman–Crippen MR) is 50.9 cm³/mol. The first kappa shape index (κ1) is 13.6. The Bertz CT molecular complexity index is 242. The van der Waals surface area contributed by atoms with E-state index in [1.807, 2.05) is 0 Å². The molecule has 0 aromatic rings. The third-order valence-corrected chi connectivity index (χ3v) is 1.87. The van der Waals surface area contributed by atoms with Crippen molar-refractivity contribution in [2.45, 2.75) is 19.5 Å². The van der Waals surface area contributed by atoms with Gasteiger partial charge >= 0.3 is 21.0 Å². The first-order chi connectivity index (χ1) is 6.74. The molecule has 0 aliphatic rings. The van der Waals surface area contributed by atoms with E-state index >= 15 is 0 Å². The lowest BCUT2D eigenvalue weighted by molar-refractivity contribution is 0.198. The van der Waals surface area contributed by atoms with Crippen molar-refractivity contribution in [2.24, 2.45) is 5.73 Å². The van der Waals surface area contributed by atoms with Crippen LogP contribution in [0.15, 0.2) is 0 Å². The highest BCUT2D eigenvalue weighted by molar-refractivity contribution is 6.56. The number of carbonyl (C=O) groups is 2. The smallest absolute Gasteiger partial charge is 0.373 e. The average molecular weight is 238 g/mol. The van der Waals surface area contributed by atoms with E-state index in [-0.39, 0.29) is 0 Å². The molecule has 0 saturated carbocycles. The molecule has 1 atom stereocenters. The summed E-state index contributed by atoms with van der Waals surface area (Å²) in [5.41, 5.74) is 4.81. The first-order valence-electron chi connectivity index (χ1n) is 4.06. The highest BCUT2D eigenvalue weighted by Gasteiger charge is 2.31. The molecule has 0 aliphatic heterocycles. The number of hydrogen-bond acceptors (Lipinski definition) is 5. The third-order valence-electron chi connectivity index (χ3n) is 1.31. The quantitative estimate of drug-likeness (QED) is 0.206. The Morgan fingerprint density at radius 2 is 1.87 bits per heavy atom. The van der Waals surface area contributed by atoms with E-state index in [0.29, 0.717) is 6.42 Å². The molecule has 15 heavy (non-hydrogen) atoms. The van der Waals surface area contributed by atoms with E-state index in [2.05, 4.69) is 10.6 Å². The van der Waals surface area contributed by atoms with Crippen LogP contribution in [0.2, 0.25) is 0 Å². The van der Waals surface area contributed by atoms with Gasteiger partial charge in [0.2, 0.25) is 0 Å². The molecule has 0 fully saturated rings. The second kappa shape index (κ2) is 5.50. The van der Waals surface area contributed by atoms with E-state index in [4.69, 9.17) is 20.1 Å². The Labute approximate surface area is 86.7 Å². The fraction of sp³-hybridized carbons (Fsp3) is 0.600. The Morgan fingerprint density at radius 1 is 1.33 bits per heavy atom. The van der Waals surface area contributed by atoms with Gasteiger partial charge in [0.05, 0.1) is 0 Å². The molecule has 0 aliphatic carbocycles. The molecule has 10 heteroatoms. The Balaban J connectivity index is 4.07. The molecule has 0 radical (unpaired) electrons. The van der Waals surface area contributed by atoms with Crippen LogP contribution in [-0.4, -0.2) is 41.6 Å². The van der Waals surface area contributed by atoms with Gasteiger partial charge in [0, 0.05) is 0 Å². The lowest BCUT2D eigenvalue weighted by Crippen LogP contribution is -2.61. The van der Waals surface area contributed by atoms with Gasteiger partial charge in [0.1, 0.15) is 6.17 Å². The maximum atomic E-state index is 10.9. The van der Waals surface area contributed by atoms with E-state index in [9.17, 15) is 9.59 Å². The monoisotopic (exact) mass is 238 g/mol. The van der Waals surface area contributed by atoms with Crippen LogP contribution in [-0.2, 0) is 0 Å². The SMILES string of the molecule is CCC(NC(N)=O)NC(=O)N[Si](O)(O)O. The van der Waals surface area contributed by atoms with Crippen molar-refractivity contribution in [3.63, 3.8) is 0 Å². The van der Waals surface area contributed by atoms with Crippen LogP contribution >= 0.6 is 0 Å². The molecule has 0 saturated heterocycles. The minimum absolute atomic E-state index is 0.340. The minimum atomic E-state index is -4.65. The molecule has 1 unspecified atom stereocenters. The number of urea groups is 2. The summed E-state index contributed by atoms with van der Waals surface area (Å²) < 4.78 is 0. The molecule has 0 spiro atoms. The fourth-order valence-electron chi connectivity index (χ4n) is 0.759. The number of carbonyl (C=O) groups excluding carboxylic acids is 2. The first-order valence-corrected chi connectivity index (χ1v) is 5.90. The third kappa shape index (κ3) is 7.69. The molecular formula is C5H14N4O5Si. The zero-order valence-electron chi connectivity index (χ0n) is 8.02. The van der Waals surface area contributed by atoms with Crippen LogP contribution < -0.4 is 21.3 Å². The van der Waals surface area contributed by atoms with Gasteiger partial charge in [-0.25, -0.2) is 9.59 Å². The van der Waals surface area contributed by atoms with Gasteiger partial charge in [0.15, 0.2) is 0 Å². The number of nitrogens with one attached hydrogen (secondary N) is 3. The van der Waals surface area contributed by atoms with Gasteiger partial charge in [0.25, 0.3) is 0 Å². The summed E-state index contributed by atoms with van der Waals surface area (Å²) in [5.74, 6) is 0. The maximum absolute atomic E-state index is 10.9. The molecule has 4 amide bonds. The van der Waals surface area contributed by atoms with Gasteiger partial charge in [-0.15, -0.1) is 0 Å². The summed E-state index contributed by atoms with van der Waals surface area (Å²) in [5, 5.41) is 4.33. The van der Waals surface area contributed by atoms with E-state index in [1.54, 1.807) is 6.92 Å². The molecular weight excluding hydrogens is 224 g/mol. The Hall–Kier alpha value is -1.36. The molecule has 8 N–H and O–H groups in total. The summed E-state index contributed by atoms with van der Waals surface area (Å²) in [6.45, 7) is 1.66. The van der Waals surface area contributed by atoms with Gasteiger partial charge in [-0.05, 0) is 6.42 Å². The van der Waals surface area contributed by atoms with Gasteiger partial charge in [-0.3, -0.25) is 4.98 Å². The lowest BCUT2D eigenvalue weighted by atomic mass is 10.4. The maximum Gasteiger partial charge on any atom is 0.626 e. The van der Waals surface area contributed by atoms with Crippen LogP contribution in [0.4, 0.5) is 9.59 Å². The fourth-order valence-corrected chi connectivity index (χ4v) is 1.14. The molecule has 88 valence electrons. The summed E-state index contributed by atoms with van der Waals surface area (Å²) >= 11 is 0. The van der Waals surface area contributed by atoms with Crippen LogP contribution in [0.25, 0.3) is 0 Å². The summed E-state index contributed by atoms with van der Waals surface area (Å²) in [6.07, 6.45) is -0.411. The van der Waals surface area contributed by atoms with Gasteiger partial charge in [-0.2, -0.15) is 0 Å². The van der Waals surface area contributed by atoms with E-state index in [1.165, 1.54) is 4.98 Å². The van der Waals surface area contributed by atoms with Crippen molar-refractivity contribution in [3.05, 3.63) is 0 Å². The number of hydrogen-bond donors (Lipinski definition) is 7. The minimum Gasteiger partial charge on any atom is -0.373 e. The van der Waals surface area contributed by atoms with Crippen LogP contribution in [0, 0.1) is 0 Å². The van der Waals surface area contributed by atoms with Crippen LogP contribution in [0.5, 0.6) is 0 Å². The van der Waals surface area contributed by atoms with Crippen molar-refractivity contribution < 1.29 is 24.0 Å². The number of nitrogens with two attached hydrogens (primary N) is 1. The Kier molecular flexibility index (Phi) is 5.00. The lowest BCUT2D eigenvalue weighted by Gasteiger charge is -2.19. The second-order valence-electron chi connectivity index (χ2n) is 2.70. The molecule has 0 aromatic heterocycles. The normalized spacial score (nSPS) is 12.8. The highest BCUT2D eigenvalue weighted by atomic mass is 28.4. The number of amides is 4. The predicted octanol–water partition coefficient (Wildman–Crippen LogP) is -2.90. The van der Waals surface area contributed by atoms with Crippen molar-refractivity contribution >= 4 is 21.0 Å². The summed E-state index contributed by atoms with van der Waals surface area (Å²) in [6, 6.07) is -1.85. The van der Waals surface area contributed by atoms with Crippen molar-refractivity contribution in [1.82, 2.24) is 15.6 Å². The van der Waals surface area contributed by atoms with E-state index < -0.39 is 27.2 Å². The zero-order valence-corrected chi connectivity index (χ0v) is 9.02. The zero-order chi connectivity index (χ0) is 12.1. The standard InChI is InChI=1S/C5H14N4O5Si/c1-2-3(7-4(6)10)8-5(11)9-15(12,13)14/h3,12-14H,2H2,1H3,(H3,6,7,10)(H2,8,9,11). The average Bonchev–Trinajstić information content (AvgIpc) is 1.98. The van der Waals surface area contributed by atoms with Crippen LogP contribution in [0.1, 0.15) is 13.3 Å². The van der Waals surface area contributed by atoms with Crippen molar-refractivity contribution in [1.29, 1.82) is 0 Å². The number of primary amides is 1. The van der Waals surface area contributed by atoms with Gasteiger partial charge in [-0.1, -0.05) is 6.92 Å². The summed E-state index contributed by atoms with van der Waals surface area (Å²) in [4.78, 5) is 48.5. The molecule has 0 bridgehead atoms. The Morgan fingerprint density at radius 3 is 2.20 bits per heavy atom. The molecule has 0 aromatic carbocycles. The number of rotatable bonds is 4. The van der Waals surface area contributed by atoms with E-state index in [0.717, 1.165) is 0 Å². The topological polar surface area (TPSA) is 157 Å².